The molecular formula is C20H41N3O. The molecule has 0 aliphatic heterocycles. The Labute approximate surface area is 150 Å². The van der Waals surface area contributed by atoms with Crippen molar-refractivity contribution in [3.63, 3.8) is 0 Å². The summed E-state index contributed by atoms with van der Waals surface area (Å²) >= 11 is 0. The molecule has 1 aromatic rings. The zero-order chi connectivity index (χ0) is 18.6. The zero-order valence-electron chi connectivity index (χ0n) is 17.2. The van der Waals surface area contributed by atoms with Crippen molar-refractivity contribution in [3.05, 3.63) is 11.9 Å². The van der Waals surface area contributed by atoms with E-state index in [1.807, 2.05) is 24.7 Å². The summed E-state index contributed by atoms with van der Waals surface area (Å²) in [6.45, 7) is 15.2. The maximum Gasteiger partial charge on any atom is 0.0891 e. The van der Waals surface area contributed by atoms with E-state index in [1.165, 1.54) is 32.1 Å². The first kappa shape index (κ1) is 23.1. The Hall–Kier alpha value is -0.900. The predicted octanol–water partition coefficient (Wildman–Crippen LogP) is 5.39. The number of hydrogen-bond acceptors (Lipinski definition) is 3. The Bertz CT molecular complexity index is 428. The topological polar surface area (TPSA) is 50.9 Å². The third kappa shape index (κ3) is 6.54. The standard InChI is InChI=1S/C18H35N3O.C2H6/c1-6-9-10-11-12-13-16-14-19-20-21(16)15-18(22,8-3)17(4,5)7-2;1-2/h14,22H,6-13,15H2,1-5H3;1-2H3/t18-;/m1./s1. The van der Waals surface area contributed by atoms with E-state index in [4.69, 9.17) is 0 Å². The van der Waals surface area contributed by atoms with Crippen molar-refractivity contribution in [2.45, 2.75) is 112 Å². The molecule has 0 spiro atoms. The van der Waals surface area contributed by atoms with Crippen LogP contribution in [-0.2, 0) is 13.0 Å². The number of nitrogens with zero attached hydrogens (tertiary/aromatic N) is 3. The smallest absolute Gasteiger partial charge is 0.0891 e. The number of aryl methyl sites for hydroxylation is 1. The first-order valence-corrected chi connectivity index (χ1v) is 10.00. The van der Waals surface area contributed by atoms with Gasteiger partial charge in [-0.15, -0.1) is 5.10 Å². The second-order valence-electron chi connectivity index (χ2n) is 7.17. The molecule has 0 radical (unpaired) electrons. The zero-order valence-corrected chi connectivity index (χ0v) is 17.2. The molecule has 0 saturated heterocycles. The van der Waals surface area contributed by atoms with Crippen molar-refractivity contribution < 1.29 is 5.11 Å². The summed E-state index contributed by atoms with van der Waals surface area (Å²) in [5.74, 6) is 0. The van der Waals surface area contributed by atoms with Gasteiger partial charge in [-0.2, -0.15) is 0 Å². The Morgan fingerprint density at radius 3 is 2.17 bits per heavy atom. The molecule has 0 aliphatic carbocycles. The lowest BCUT2D eigenvalue weighted by Gasteiger charge is -2.42. The normalized spacial score (nSPS) is 14.0. The van der Waals surface area contributed by atoms with Crippen molar-refractivity contribution >= 4 is 0 Å². The fraction of sp³-hybridized carbons (Fsp3) is 0.900. The van der Waals surface area contributed by atoms with Gasteiger partial charge in [0.25, 0.3) is 0 Å². The lowest BCUT2D eigenvalue weighted by molar-refractivity contribution is -0.0875. The molecule has 1 aromatic heterocycles. The van der Waals surface area contributed by atoms with Crippen LogP contribution in [0.1, 0.15) is 99.1 Å². The SMILES string of the molecule is CC.CCCCCCCc1cnnn1C[C@](O)(CC)C(C)(C)CC. The minimum absolute atomic E-state index is 0.133. The van der Waals surface area contributed by atoms with Crippen LogP contribution in [0.15, 0.2) is 6.20 Å². The van der Waals surface area contributed by atoms with Gasteiger partial charge in [-0.25, -0.2) is 4.68 Å². The van der Waals surface area contributed by atoms with E-state index in [0.29, 0.717) is 6.54 Å². The summed E-state index contributed by atoms with van der Waals surface area (Å²) < 4.78 is 1.92. The van der Waals surface area contributed by atoms with E-state index in [1.54, 1.807) is 0 Å². The number of rotatable bonds is 11. The molecule has 1 atom stereocenters. The van der Waals surface area contributed by atoms with Crippen molar-refractivity contribution in [3.8, 4) is 0 Å². The third-order valence-corrected chi connectivity index (χ3v) is 5.37. The molecule has 0 aromatic carbocycles. The Morgan fingerprint density at radius 2 is 1.62 bits per heavy atom. The Morgan fingerprint density at radius 1 is 1.00 bits per heavy atom. The molecule has 1 N–H and O–H groups in total. The van der Waals surface area contributed by atoms with Crippen molar-refractivity contribution in [2.24, 2.45) is 5.41 Å². The van der Waals surface area contributed by atoms with Gasteiger partial charge in [0.1, 0.15) is 0 Å². The molecule has 1 rings (SSSR count). The van der Waals surface area contributed by atoms with E-state index < -0.39 is 5.60 Å². The maximum atomic E-state index is 11.1. The van der Waals surface area contributed by atoms with E-state index in [0.717, 1.165) is 25.0 Å². The highest BCUT2D eigenvalue weighted by Gasteiger charge is 2.41. The average Bonchev–Trinajstić information content (AvgIpc) is 3.03. The molecule has 1 heterocycles. The van der Waals surface area contributed by atoms with Crippen LogP contribution in [0.25, 0.3) is 0 Å². The lowest BCUT2D eigenvalue weighted by atomic mass is 9.71. The van der Waals surface area contributed by atoms with Gasteiger partial charge in [-0.3, -0.25) is 0 Å². The summed E-state index contributed by atoms with van der Waals surface area (Å²) in [6, 6.07) is 0. The minimum atomic E-state index is -0.744. The van der Waals surface area contributed by atoms with Crippen molar-refractivity contribution in [2.75, 3.05) is 0 Å². The largest absolute Gasteiger partial charge is 0.387 e. The van der Waals surface area contributed by atoms with Crippen LogP contribution in [0.5, 0.6) is 0 Å². The first-order valence-electron chi connectivity index (χ1n) is 10.00. The molecule has 4 heteroatoms. The van der Waals surface area contributed by atoms with E-state index >= 15 is 0 Å². The van der Waals surface area contributed by atoms with Crippen LogP contribution in [0.4, 0.5) is 0 Å². The van der Waals surface area contributed by atoms with E-state index in [9.17, 15) is 5.11 Å². The van der Waals surface area contributed by atoms with E-state index in [-0.39, 0.29) is 5.41 Å². The van der Waals surface area contributed by atoms with Gasteiger partial charge in [0, 0.05) is 0 Å². The summed E-state index contributed by atoms with van der Waals surface area (Å²) in [7, 11) is 0. The molecular weight excluding hydrogens is 298 g/mol. The van der Waals surface area contributed by atoms with Gasteiger partial charge in [0.2, 0.25) is 0 Å². The van der Waals surface area contributed by atoms with Gasteiger partial charge >= 0.3 is 0 Å². The van der Waals surface area contributed by atoms with Crippen LogP contribution in [0.3, 0.4) is 0 Å². The number of hydrogen-bond donors (Lipinski definition) is 1. The Kier molecular flexibility index (Phi) is 11.2. The summed E-state index contributed by atoms with van der Waals surface area (Å²) in [5.41, 5.74) is 0.272. The van der Waals surface area contributed by atoms with Gasteiger partial charge in [-0.05, 0) is 31.1 Å². The van der Waals surface area contributed by atoms with Crippen LogP contribution >= 0.6 is 0 Å². The van der Waals surface area contributed by atoms with Crippen LogP contribution in [0, 0.1) is 5.41 Å². The molecule has 0 saturated carbocycles. The number of unbranched alkanes of at least 4 members (excludes halogenated alkanes) is 4. The highest BCUT2D eigenvalue weighted by molar-refractivity contribution is 4.98. The molecule has 24 heavy (non-hydrogen) atoms. The lowest BCUT2D eigenvalue weighted by Crippen LogP contribution is -2.47. The molecule has 4 nitrogen and oxygen atoms in total. The number of aliphatic hydroxyl groups is 1. The van der Waals surface area contributed by atoms with Gasteiger partial charge in [0.15, 0.2) is 0 Å². The van der Waals surface area contributed by atoms with Crippen LogP contribution < -0.4 is 0 Å². The Balaban J connectivity index is 0.00000254. The van der Waals surface area contributed by atoms with Crippen LogP contribution in [0.2, 0.25) is 0 Å². The second kappa shape index (κ2) is 11.6. The minimum Gasteiger partial charge on any atom is -0.387 e. The third-order valence-electron chi connectivity index (χ3n) is 5.37. The van der Waals surface area contributed by atoms with Gasteiger partial charge in [-0.1, -0.05) is 79.4 Å². The predicted molar refractivity (Wildman–Crippen MR) is 103 cm³/mol. The van der Waals surface area contributed by atoms with Gasteiger partial charge in [0.05, 0.1) is 24.0 Å². The quantitative estimate of drug-likeness (QED) is 0.550. The van der Waals surface area contributed by atoms with Crippen molar-refractivity contribution in [1.82, 2.24) is 15.0 Å². The first-order chi connectivity index (χ1) is 11.4. The average molecular weight is 340 g/mol. The summed E-state index contributed by atoms with van der Waals surface area (Å²) in [4.78, 5) is 0. The molecule has 0 bridgehead atoms. The fourth-order valence-electron chi connectivity index (χ4n) is 2.90. The molecule has 0 fully saturated rings. The highest BCUT2D eigenvalue weighted by Crippen LogP contribution is 2.38. The summed E-state index contributed by atoms with van der Waals surface area (Å²) in [6.07, 6.45) is 10.9. The summed E-state index contributed by atoms with van der Waals surface area (Å²) in [5, 5.41) is 19.4. The molecule has 0 amide bonds. The number of aromatic nitrogens is 3. The molecule has 0 aliphatic rings. The van der Waals surface area contributed by atoms with Gasteiger partial charge < -0.3 is 5.11 Å². The molecule has 0 unspecified atom stereocenters. The highest BCUT2D eigenvalue weighted by atomic mass is 16.3. The second-order valence-corrected chi connectivity index (χ2v) is 7.17. The maximum absolute atomic E-state index is 11.1. The monoisotopic (exact) mass is 339 g/mol. The fourth-order valence-corrected chi connectivity index (χ4v) is 2.90. The van der Waals surface area contributed by atoms with Crippen LogP contribution in [-0.4, -0.2) is 25.7 Å². The van der Waals surface area contributed by atoms with E-state index in [2.05, 4.69) is 44.9 Å². The molecule has 142 valence electrons. The van der Waals surface area contributed by atoms with Crippen molar-refractivity contribution in [1.29, 1.82) is 0 Å².